The van der Waals surface area contributed by atoms with Gasteiger partial charge in [-0.2, -0.15) is 0 Å². The van der Waals surface area contributed by atoms with Crippen molar-refractivity contribution in [2.75, 3.05) is 13.2 Å². The Hall–Kier alpha value is -2.23. The summed E-state index contributed by atoms with van der Waals surface area (Å²) in [4.78, 5) is 25.3. The maximum Gasteiger partial charge on any atom is 0.253 e. The molecule has 1 amide bonds. The molecule has 0 radical (unpaired) electrons. The number of aromatic nitrogens is 3. The highest BCUT2D eigenvalue weighted by Gasteiger charge is 2.19. The Morgan fingerprint density at radius 1 is 1.07 bits per heavy atom. The molecule has 2 aromatic carbocycles. The third kappa shape index (κ3) is 5.68. The maximum atomic E-state index is 12.5. The van der Waals surface area contributed by atoms with Crippen LogP contribution in [0.4, 0.5) is 0 Å². The quantitative estimate of drug-likeness (QED) is 0.439. The van der Waals surface area contributed by atoms with E-state index in [0.29, 0.717) is 22.3 Å². The van der Waals surface area contributed by atoms with Gasteiger partial charge in [0.25, 0.3) is 5.91 Å². The minimum absolute atomic E-state index is 0.127. The molecule has 0 aliphatic rings. The highest BCUT2D eigenvalue weighted by molar-refractivity contribution is 7.98. The number of hydrogen-bond donors (Lipinski definition) is 3. The van der Waals surface area contributed by atoms with Crippen molar-refractivity contribution in [3.63, 3.8) is 0 Å². The average Bonchev–Trinajstić information content (AvgIpc) is 2.77. The number of aliphatic hydroxyl groups is 2. The van der Waals surface area contributed by atoms with Gasteiger partial charge in [0.1, 0.15) is 6.33 Å². The van der Waals surface area contributed by atoms with E-state index in [1.807, 2.05) is 30.3 Å². The molecule has 0 aliphatic carbocycles. The number of nitrogens with one attached hydrogen (secondary N) is 1. The molecule has 10 heteroatoms. The zero-order chi connectivity index (χ0) is 21.5. The molecule has 0 atom stereocenters. The number of halogens is 2. The zero-order valence-electron chi connectivity index (χ0n) is 15.6. The van der Waals surface area contributed by atoms with Gasteiger partial charge in [0.15, 0.2) is 11.0 Å². The van der Waals surface area contributed by atoms with Crippen LogP contribution in [0, 0.1) is 0 Å². The van der Waals surface area contributed by atoms with Gasteiger partial charge in [0.2, 0.25) is 0 Å². The van der Waals surface area contributed by atoms with Gasteiger partial charge in [-0.1, -0.05) is 65.3 Å². The minimum atomic E-state index is -0.800. The van der Waals surface area contributed by atoms with Crippen molar-refractivity contribution < 1.29 is 15.0 Å². The molecular weight excluding hydrogens is 447 g/mol. The molecule has 0 aliphatic heterocycles. The van der Waals surface area contributed by atoms with Crippen molar-refractivity contribution in [3.8, 4) is 11.4 Å². The summed E-state index contributed by atoms with van der Waals surface area (Å²) in [7, 11) is 0. The second kappa shape index (κ2) is 10.7. The summed E-state index contributed by atoms with van der Waals surface area (Å²) < 4.78 is 0. The number of carbonyl (C=O) groups is 1. The molecule has 0 fully saturated rings. The second-order valence-electron chi connectivity index (χ2n) is 6.21. The summed E-state index contributed by atoms with van der Waals surface area (Å²) in [6, 6.07) is 12.0. The zero-order valence-corrected chi connectivity index (χ0v) is 18.0. The fraction of sp³-hybridized carbons (Fsp3) is 0.200. The van der Waals surface area contributed by atoms with E-state index in [9.17, 15) is 15.0 Å². The fourth-order valence-electron chi connectivity index (χ4n) is 2.51. The monoisotopic (exact) mass is 464 g/mol. The lowest BCUT2D eigenvalue weighted by atomic mass is 10.1. The molecule has 0 saturated heterocycles. The predicted molar refractivity (Wildman–Crippen MR) is 117 cm³/mol. The Bertz CT molecular complexity index is 1020. The first-order chi connectivity index (χ1) is 14.5. The molecule has 0 saturated carbocycles. The topological polar surface area (TPSA) is 108 Å². The van der Waals surface area contributed by atoms with E-state index in [1.165, 1.54) is 30.2 Å². The van der Waals surface area contributed by atoms with Gasteiger partial charge in [-0.3, -0.25) is 4.79 Å². The molecule has 0 unspecified atom stereocenters. The van der Waals surface area contributed by atoms with Crippen LogP contribution < -0.4 is 5.32 Å². The summed E-state index contributed by atoms with van der Waals surface area (Å²) in [5, 5.41) is 21.8. The Kier molecular flexibility index (Phi) is 8.01. The highest BCUT2D eigenvalue weighted by atomic mass is 35.5. The Labute approximate surface area is 187 Å². The van der Waals surface area contributed by atoms with Gasteiger partial charge >= 0.3 is 0 Å². The van der Waals surface area contributed by atoms with Crippen LogP contribution in [0.15, 0.2) is 53.9 Å². The molecule has 7 nitrogen and oxygen atoms in total. The fourth-order valence-corrected chi connectivity index (χ4v) is 3.82. The van der Waals surface area contributed by atoms with Crippen LogP contribution in [0.1, 0.15) is 15.9 Å². The number of thioether (sulfide) groups is 1. The maximum absolute atomic E-state index is 12.5. The SMILES string of the molecule is O=C(NC(CO)CO)c1cc(-c2ncnc(SCc3ccccc3)n2)c(Cl)cc1Cl. The Morgan fingerprint density at radius 2 is 1.80 bits per heavy atom. The van der Waals surface area contributed by atoms with E-state index >= 15 is 0 Å². The molecule has 156 valence electrons. The molecule has 30 heavy (non-hydrogen) atoms. The molecule has 0 spiro atoms. The third-order valence-electron chi connectivity index (χ3n) is 4.08. The van der Waals surface area contributed by atoms with Gasteiger partial charge in [0.05, 0.1) is 34.9 Å². The number of amides is 1. The predicted octanol–water partition coefficient (Wildman–Crippen LogP) is 3.22. The van der Waals surface area contributed by atoms with Gasteiger partial charge < -0.3 is 15.5 Å². The second-order valence-corrected chi connectivity index (χ2v) is 7.97. The van der Waals surface area contributed by atoms with Crippen LogP contribution in [0.2, 0.25) is 10.0 Å². The smallest absolute Gasteiger partial charge is 0.253 e. The first-order valence-corrected chi connectivity index (χ1v) is 10.6. The standard InChI is InChI=1S/C20H18Cl2N4O3S/c21-16-7-17(22)15(19(29)25-13(8-27)9-28)6-14(16)18-23-11-24-20(26-18)30-10-12-4-2-1-3-5-12/h1-7,11,13,27-28H,8-10H2,(H,25,29). The number of aliphatic hydroxyl groups excluding tert-OH is 2. The van der Waals surface area contributed by atoms with Crippen LogP contribution in [0.3, 0.4) is 0 Å². The first-order valence-electron chi connectivity index (χ1n) is 8.89. The largest absolute Gasteiger partial charge is 0.394 e. The molecule has 3 rings (SSSR count). The van der Waals surface area contributed by atoms with Gasteiger partial charge in [0, 0.05) is 11.3 Å². The molecule has 3 aromatic rings. The number of benzene rings is 2. The van der Waals surface area contributed by atoms with Crippen LogP contribution in [-0.2, 0) is 5.75 Å². The molecule has 0 bridgehead atoms. The van der Waals surface area contributed by atoms with E-state index in [4.69, 9.17) is 23.2 Å². The van der Waals surface area contributed by atoms with Gasteiger partial charge in [-0.25, -0.2) is 15.0 Å². The van der Waals surface area contributed by atoms with E-state index < -0.39 is 25.2 Å². The van der Waals surface area contributed by atoms with Crippen LogP contribution in [0.25, 0.3) is 11.4 Å². The van der Waals surface area contributed by atoms with Crippen molar-refractivity contribution >= 4 is 40.9 Å². The van der Waals surface area contributed by atoms with Gasteiger partial charge in [-0.15, -0.1) is 0 Å². The van der Waals surface area contributed by atoms with Crippen molar-refractivity contribution in [2.24, 2.45) is 0 Å². The number of nitrogens with zero attached hydrogens (tertiary/aromatic N) is 3. The van der Waals surface area contributed by atoms with E-state index in [1.54, 1.807) is 0 Å². The normalized spacial score (nSPS) is 11.0. The molecule has 3 N–H and O–H groups in total. The van der Waals surface area contributed by atoms with E-state index in [0.717, 1.165) is 5.56 Å². The average molecular weight is 465 g/mol. The van der Waals surface area contributed by atoms with Crippen LogP contribution >= 0.6 is 35.0 Å². The first kappa shape index (κ1) is 22.5. The lowest BCUT2D eigenvalue weighted by Gasteiger charge is -2.15. The van der Waals surface area contributed by atoms with Gasteiger partial charge in [-0.05, 0) is 17.7 Å². The highest BCUT2D eigenvalue weighted by Crippen LogP contribution is 2.32. The Morgan fingerprint density at radius 3 is 2.50 bits per heavy atom. The molecule has 1 aromatic heterocycles. The summed E-state index contributed by atoms with van der Waals surface area (Å²) in [5.41, 5.74) is 1.68. The lowest BCUT2D eigenvalue weighted by molar-refractivity contribution is 0.0879. The molecular formula is C20H18Cl2N4O3S. The van der Waals surface area contributed by atoms with Crippen LogP contribution in [-0.4, -0.2) is 50.3 Å². The van der Waals surface area contributed by atoms with E-state index in [2.05, 4.69) is 20.3 Å². The van der Waals surface area contributed by atoms with Crippen molar-refractivity contribution in [1.29, 1.82) is 0 Å². The summed E-state index contributed by atoms with van der Waals surface area (Å²) in [6.45, 7) is -0.814. The summed E-state index contributed by atoms with van der Waals surface area (Å²) >= 11 is 13.9. The lowest BCUT2D eigenvalue weighted by Crippen LogP contribution is -2.40. The minimum Gasteiger partial charge on any atom is -0.394 e. The van der Waals surface area contributed by atoms with Crippen LogP contribution in [0.5, 0.6) is 0 Å². The van der Waals surface area contributed by atoms with Crippen molar-refractivity contribution in [3.05, 3.63) is 70.0 Å². The summed E-state index contributed by atoms with van der Waals surface area (Å²) in [5.74, 6) is 0.437. The number of carbonyl (C=O) groups excluding carboxylic acids is 1. The number of hydrogen-bond acceptors (Lipinski definition) is 7. The Balaban J connectivity index is 1.85. The third-order valence-corrected chi connectivity index (χ3v) is 5.64. The summed E-state index contributed by atoms with van der Waals surface area (Å²) in [6.07, 6.45) is 1.38. The van der Waals surface area contributed by atoms with Crippen molar-refractivity contribution in [2.45, 2.75) is 17.0 Å². The van der Waals surface area contributed by atoms with E-state index in [-0.39, 0.29) is 15.6 Å². The van der Waals surface area contributed by atoms with Crippen molar-refractivity contribution in [1.82, 2.24) is 20.3 Å². The number of rotatable bonds is 8. The molecule has 1 heterocycles.